The Balaban J connectivity index is 1.42. The van der Waals surface area contributed by atoms with Crippen molar-refractivity contribution in [3.8, 4) is 5.75 Å². The highest BCUT2D eigenvalue weighted by Crippen LogP contribution is 2.33. The highest BCUT2D eigenvalue weighted by molar-refractivity contribution is 5.85. The normalized spacial score (nSPS) is 20.3. The number of unbranched alkanes of at least 4 members (excludes halogenated alkanes) is 3. The summed E-state index contributed by atoms with van der Waals surface area (Å²) < 4.78 is 15.8. The van der Waals surface area contributed by atoms with Crippen molar-refractivity contribution in [3.05, 3.63) is 64.6 Å². The summed E-state index contributed by atoms with van der Waals surface area (Å²) in [4.78, 5) is 36.5. The Morgan fingerprint density at radius 2 is 2.00 bits per heavy atom. The Labute approximate surface area is 229 Å². The maximum Gasteiger partial charge on any atom is 0.336 e. The van der Waals surface area contributed by atoms with E-state index in [1.807, 2.05) is 12.2 Å². The highest BCUT2D eigenvalue weighted by Gasteiger charge is 2.39. The van der Waals surface area contributed by atoms with E-state index in [1.54, 1.807) is 30.4 Å². The summed E-state index contributed by atoms with van der Waals surface area (Å²) in [5, 5.41) is 21.2. The van der Waals surface area contributed by atoms with Crippen LogP contribution < -0.4 is 10.4 Å². The molecule has 1 aliphatic rings. The molecule has 0 unspecified atom stereocenters. The van der Waals surface area contributed by atoms with Crippen LogP contribution in [-0.2, 0) is 20.9 Å². The number of Topliss-reactive ketones (excluding diaryl/α,β-unsaturated/α-hetero) is 1. The van der Waals surface area contributed by atoms with Gasteiger partial charge in [0.2, 0.25) is 0 Å². The average Bonchev–Trinajstić information content (AvgIpc) is 3.18. The van der Waals surface area contributed by atoms with Gasteiger partial charge in [-0.2, -0.15) is 0 Å². The average molecular weight is 541 g/mol. The van der Waals surface area contributed by atoms with Crippen molar-refractivity contribution < 1.29 is 33.7 Å². The van der Waals surface area contributed by atoms with Crippen molar-refractivity contribution in [1.82, 2.24) is 0 Å². The van der Waals surface area contributed by atoms with Gasteiger partial charge in [-0.3, -0.25) is 9.59 Å². The number of ether oxygens (including phenoxy) is 2. The van der Waals surface area contributed by atoms with Crippen LogP contribution in [0.1, 0.15) is 70.3 Å². The Hall–Kier alpha value is -3.23. The number of carbonyl (C=O) groups is 2. The lowest BCUT2D eigenvalue weighted by Gasteiger charge is -2.16. The predicted molar refractivity (Wildman–Crippen MR) is 148 cm³/mol. The van der Waals surface area contributed by atoms with E-state index in [2.05, 4.69) is 6.92 Å². The molecule has 0 aliphatic heterocycles. The molecule has 0 saturated heterocycles. The second kappa shape index (κ2) is 15.4. The first kappa shape index (κ1) is 30.3. The van der Waals surface area contributed by atoms with E-state index in [9.17, 15) is 24.6 Å². The number of carbonyl (C=O) groups excluding carboxylic acids is 2. The molecule has 4 atom stereocenters. The predicted octanol–water partition coefficient (Wildman–Crippen LogP) is 5.02. The van der Waals surface area contributed by atoms with Crippen LogP contribution in [0.15, 0.2) is 57.8 Å². The lowest BCUT2D eigenvalue weighted by Crippen LogP contribution is -2.18. The van der Waals surface area contributed by atoms with Crippen LogP contribution in [0.5, 0.6) is 5.75 Å². The van der Waals surface area contributed by atoms with E-state index in [1.165, 1.54) is 13.2 Å². The molecule has 1 heterocycles. The van der Waals surface area contributed by atoms with Gasteiger partial charge in [0, 0.05) is 47.8 Å². The maximum atomic E-state index is 12.4. The van der Waals surface area contributed by atoms with Gasteiger partial charge >= 0.3 is 11.6 Å². The number of ketones is 1. The van der Waals surface area contributed by atoms with Gasteiger partial charge in [0.25, 0.3) is 0 Å². The Bertz CT molecular complexity index is 1210. The smallest absolute Gasteiger partial charge is 0.336 e. The van der Waals surface area contributed by atoms with Gasteiger partial charge in [-0.25, -0.2) is 4.79 Å². The van der Waals surface area contributed by atoms with Crippen molar-refractivity contribution in [2.24, 2.45) is 11.8 Å². The van der Waals surface area contributed by atoms with Crippen LogP contribution >= 0.6 is 0 Å². The summed E-state index contributed by atoms with van der Waals surface area (Å²) in [7, 11) is 1.52. The van der Waals surface area contributed by atoms with Crippen LogP contribution in [0, 0.1) is 11.8 Å². The molecule has 0 radical (unpaired) electrons. The molecule has 8 nitrogen and oxygen atoms in total. The van der Waals surface area contributed by atoms with E-state index in [0.29, 0.717) is 48.0 Å². The van der Waals surface area contributed by atoms with Crippen LogP contribution in [0.4, 0.5) is 0 Å². The Kier molecular flexibility index (Phi) is 12.0. The molecule has 1 aromatic heterocycles. The lowest BCUT2D eigenvalue weighted by molar-refractivity contribution is -0.145. The first-order valence-corrected chi connectivity index (χ1v) is 13.8. The molecule has 0 spiro atoms. The molecule has 39 heavy (non-hydrogen) atoms. The van der Waals surface area contributed by atoms with Gasteiger partial charge < -0.3 is 24.1 Å². The molecule has 1 fully saturated rings. The third-order valence-electron chi connectivity index (χ3n) is 7.13. The molecule has 0 bridgehead atoms. The molecule has 2 N–H and O–H groups in total. The summed E-state index contributed by atoms with van der Waals surface area (Å²) in [5.41, 5.74) is 0.408. The maximum absolute atomic E-state index is 12.4. The molecule has 0 amide bonds. The standard InChI is InChI=1S/C31H40O8/c1-3-4-7-10-22(32)13-15-26-25(27(33)19-28(26)34)11-8-5-6-9-12-30(35)38-20-21-17-31(36)39-29-18-23(37-2)14-16-24(21)29/h5,8,13-18,22,25-26,28,32,34H,3-4,6-7,9-12,19-20H2,1-2H3/b8-5-,15-13+/t22-,25+,26+,28+/m0/s1. The first-order valence-electron chi connectivity index (χ1n) is 13.8. The molecular formula is C31H40O8. The van der Waals surface area contributed by atoms with E-state index in [4.69, 9.17) is 13.9 Å². The highest BCUT2D eigenvalue weighted by atomic mass is 16.5. The van der Waals surface area contributed by atoms with Gasteiger partial charge in [-0.15, -0.1) is 0 Å². The molecule has 1 saturated carbocycles. The number of methoxy groups -OCH3 is 1. The van der Waals surface area contributed by atoms with Gasteiger partial charge in [-0.1, -0.05) is 50.5 Å². The van der Waals surface area contributed by atoms with Crippen molar-refractivity contribution >= 4 is 22.7 Å². The van der Waals surface area contributed by atoms with Gasteiger partial charge in [0.1, 0.15) is 23.7 Å². The number of aliphatic hydroxyl groups is 2. The topological polar surface area (TPSA) is 123 Å². The van der Waals surface area contributed by atoms with Crippen molar-refractivity contribution in [3.63, 3.8) is 0 Å². The number of hydrogen-bond donors (Lipinski definition) is 2. The number of allylic oxidation sites excluding steroid dienone is 2. The van der Waals surface area contributed by atoms with E-state index < -0.39 is 17.8 Å². The van der Waals surface area contributed by atoms with Crippen LogP contribution in [-0.4, -0.2) is 41.3 Å². The molecule has 2 aromatic rings. The van der Waals surface area contributed by atoms with E-state index >= 15 is 0 Å². The summed E-state index contributed by atoms with van der Waals surface area (Å²) in [6.45, 7) is 2.08. The zero-order valence-corrected chi connectivity index (χ0v) is 22.8. The van der Waals surface area contributed by atoms with Crippen LogP contribution in [0.2, 0.25) is 0 Å². The third-order valence-corrected chi connectivity index (χ3v) is 7.13. The zero-order chi connectivity index (χ0) is 28.2. The quantitative estimate of drug-likeness (QED) is 0.140. The molecular weight excluding hydrogens is 500 g/mol. The minimum atomic E-state index is -0.722. The number of aliphatic hydroxyl groups excluding tert-OH is 2. The third kappa shape index (κ3) is 9.18. The minimum absolute atomic E-state index is 0.0303. The fraction of sp³-hybridized carbons (Fsp3) is 0.516. The molecule has 3 rings (SSSR count). The van der Waals surface area contributed by atoms with Crippen molar-refractivity contribution in [1.29, 1.82) is 0 Å². The molecule has 1 aliphatic carbocycles. The van der Waals surface area contributed by atoms with Crippen molar-refractivity contribution in [2.75, 3.05) is 7.11 Å². The second-order valence-electron chi connectivity index (χ2n) is 10.1. The first-order chi connectivity index (χ1) is 18.8. The fourth-order valence-corrected chi connectivity index (χ4v) is 4.90. The number of benzene rings is 1. The Morgan fingerprint density at radius 1 is 1.18 bits per heavy atom. The SMILES string of the molecule is CCCCC[C@H](O)/C=C/[C@H]1[C@H](O)CC(=O)[C@@H]1C/C=C\CCCC(=O)OCc1cc(=O)oc2cc(OC)ccc12. The van der Waals surface area contributed by atoms with Crippen molar-refractivity contribution in [2.45, 2.75) is 83.5 Å². The number of hydrogen-bond acceptors (Lipinski definition) is 8. The Morgan fingerprint density at radius 3 is 2.77 bits per heavy atom. The molecule has 1 aromatic carbocycles. The second-order valence-corrected chi connectivity index (χ2v) is 10.1. The fourth-order valence-electron chi connectivity index (χ4n) is 4.90. The summed E-state index contributed by atoms with van der Waals surface area (Å²) in [5.74, 6) is -0.374. The van der Waals surface area contributed by atoms with Gasteiger partial charge in [-0.05, 0) is 37.8 Å². The zero-order valence-electron chi connectivity index (χ0n) is 22.8. The summed E-state index contributed by atoms with van der Waals surface area (Å²) in [6, 6.07) is 6.44. The largest absolute Gasteiger partial charge is 0.497 e. The van der Waals surface area contributed by atoms with E-state index in [0.717, 1.165) is 19.3 Å². The van der Waals surface area contributed by atoms with Crippen LogP contribution in [0.3, 0.4) is 0 Å². The lowest BCUT2D eigenvalue weighted by atomic mass is 9.90. The van der Waals surface area contributed by atoms with Crippen LogP contribution in [0.25, 0.3) is 11.0 Å². The number of rotatable bonds is 15. The summed E-state index contributed by atoms with van der Waals surface area (Å²) in [6.07, 6.45) is 12.0. The minimum Gasteiger partial charge on any atom is -0.497 e. The van der Waals surface area contributed by atoms with Gasteiger partial charge in [0.15, 0.2) is 0 Å². The summed E-state index contributed by atoms with van der Waals surface area (Å²) >= 11 is 0. The molecule has 8 heteroatoms. The van der Waals surface area contributed by atoms with E-state index in [-0.39, 0.29) is 43.0 Å². The van der Waals surface area contributed by atoms with Gasteiger partial charge in [0.05, 0.1) is 19.3 Å². The number of esters is 1. The number of fused-ring (bicyclic) bond motifs is 1. The monoisotopic (exact) mass is 540 g/mol. The molecule has 212 valence electrons.